The molecule has 0 spiro atoms. The lowest BCUT2D eigenvalue weighted by Crippen LogP contribution is -2.37. The van der Waals surface area contributed by atoms with E-state index in [0.29, 0.717) is 12.1 Å². The Balaban J connectivity index is 2.05. The molecule has 0 bridgehead atoms. The van der Waals surface area contributed by atoms with Crippen LogP contribution in [0.15, 0.2) is 23.8 Å². The number of rotatable bonds is 2. The van der Waals surface area contributed by atoms with Gasteiger partial charge in [0.2, 0.25) is 5.91 Å². The summed E-state index contributed by atoms with van der Waals surface area (Å²) >= 11 is 0. The molecule has 2 aliphatic rings. The number of hydrogen-bond acceptors (Lipinski definition) is 2. The molecule has 3 heteroatoms. The zero-order valence-electron chi connectivity index (χ0n) is 10.1. The number of nitrogens with one attached hydrogen (secondary N) is 1. The van der Waals surface area contributed by atoms with E-state index >= 15 is 0 Å². The third-order valence-electron chi connectivity index (χ3n) is 3.35. The molecular weight excluding hydrogens is 200 g/mol. The molecule has 0 aromatic rings. The molecule has 88 valence electrons. The lowest BCUT2D eigenvalue weighted by Gasteiger charge is -2.22. The second kappa shape index (κ2) is 4.42. The van der Waals surface area contributed by atoms with Gasteiger partial charge in [0.25, 0.3) is 0 Å². The Morgan fingerprint density at radius 2 is 2.38 bits per heavy atom. The predicted molar refractivity (Wildman–Crippen MR) is 65.1 cm³/mol. The van der Waals surface area contributed by atoms with Crippen molar-refractivity contribution < 1.29 is 4.79 Å². The van der Waals surface area contributed by atoms with Crippen LogP contribution in [0, 0.1) is 0 Å². The first-order chi connectivity index (χ1) is 7.58. The summed E-state index contributed by atoms with van der Waals surface area (Å²) in [6.45, 7) is 9.74. The summed E-state index contributed by atoms with van der Waals surface area (Å²) in [5.74, 6) is 0.212. The van der Waals surface area contributed by atoms with Crippen molar-refractivity contribution in [2.45, 2.75) is 38.8 Å². The molecule has 2 heterocycles. The monoisotopic (exact) mass is 220 g/mol. The average Bonchev–Trinajstić information content (AvgIpc) is 2.74. The minimum Gasteiger partial charge on any atom is -0.334 e. The van der Waals surface area contributed by atoms with E-state index in [0.717, 1.165) is 37.1 Å². The topological polar surface area (TPSA) is 32.3 Å². The van der Waals surface area contributed by atoms with Crippen molar-refractivity contribution in [1.82, 2.24) is 10.2 Å². The van der Waals surface area contributed by atoms with E-state index in [4.69, 9.17) is 0 Å². The van der Waals surface area contributed by atoms with Crippen LogP contribution in [0.25, 0.3) is 0 Å². The van der Waals surface area contributed by atoms with E-state index in [1.807, 2.05) is 17.9 Å². The van der Waals surface area contributed by atoms with E-state index < -0.39 is 0 Å². The molecule has 1 amide bonds. The summed E-state index contributed by atoms with van der Waals surface area (Å²) in [6, 6.07) is 0.922. The molecule has 3 nitrogen and oxygen atoms in total. The summed E-state index contributed by atoms with van der Waals surface area (Å²) in [6.07, 6.45) is 3.87. The molecule has 2 unspecified atom stereocenters. The zero-order valence-corrected chi connectivity index (χ0v) is 10.1. The van der Waals surface area contributed by atoms with Gasteiger partial charge < -0.3 is 10.2 Å². The highest BCUT2D eigenvalue weighted by Gasteiger charge is 2.34. The Morgan fingerprint density at radius 1 is 1.62 bits per heavy atom. The standard InChI is InChI=1S/C13H20N2O/c1-9(2)6-11-4-5-15(13(11)16)12-7-10(3)14-8-12/h6,10,12,14H,1,4-5,7-8H2,2-3H3/b11-6+. The number of allylic oxidation sites excluding steroid dienone is 2. The normalized spacial score (nSPS) is 32.8. The molecule has 0 aromatic carbocycles. The highest BCUT2D eigenvalue weighted by atomic mass is 16.2. The number of carbonyl (C=O) groups excluding carboxylic acids is 1. The van der Waals surface area contributed by atoms with Crippen molar-refractivity contribution in [2.75, 3.05) is 13.1 Å². The van der Waals surface area contributed by atoms with Crippen molar-refractivity contribution in [3.05, 3.63) is 23.8 Å². The third-order valence-corrected chi connectivity index (χ3v) is 3.35. The van der Waals surface area contributed by atoms with Crippen LogP contribution in [0.1, 0.15) is 26.7 Å². The first-order valence-electron chi connectivity index (χ1n) is 5.98. The quantitative estimate of drug-likeness (QED) is 0.715. The Bertz CT molecular complexity index is 346. The molecule has 2 rings (SSSR count). The van der Waals surface area contributed by atoms with Gasteiger partial charge in [0, 0.05) is 30.7 Å². The zero-order chi connectivity index (χ0) is 11.7. The average molecular weight is 220 g/mol. The minimum atomic E-state index is 0.212. The third kappa shape index (κ3) is 2.19. The van der Waals surface area contributed by atoms with E-state index in [1.54, 1.807) is 0 Å². The summed E-state index contributed by atoms with van der Waals surface area (Å²) < 4.78 is 0. The summed E-state index contributed by atoms with van der Waals surface area (Å²) in [5, 5.41) is 3.39. The van der Waals surface area contributed by atoms with Gasteiger partial charge >= 0.3 is 0 Å². The largest absolute Gasteiger partial charge is 0.334 e. The lowest BCUT2D eigenvalue weighted by molar-refractivity contribution is -0.126. The van der Waals surface area contributed by atoms with Gasteiger partial charge in [-0.2, -0.15) is 0 Å². The number of nitrogens with zero attached hydrogens (tertiary/aromatic N) is 1. The molecule has 1 N–H and O–H groups in total. The van der Waals surface area contributed by atoms with Crippen LogP contribution < -0.4 is 5.32 Å². The molecule has 0 radical (unpaired) electrons. The Kier molecular flexibility index (Phi) is 3.15. The molecule has 2 fully saturated rings. The number of amides is 1. The highest BCUT2D eigenvalue weighted by molar-refractivity contribution is 5.96. The Hall–Kier alpha value is -1.09. The van der Waals surface area contributed by atoms with Gasteiger partial charge in [0.1, 0.15) is 0 Å². The summed E-state index contributed by atoms with van der Waals surface area (Å²) in [7, 11) is 0. The molecule has 2 saturated heterocycles. The van der Waals surface area contributed by atoms with Crippen LogP contribution in [0.2, 0.25) is 0 Å². The van der Waals surface area contributed by atoms with E-state index in [-0.39, 0.29) is 5.91 Å². The SMILES string of the molecule is C=C(C)/C=C1\CCN(C2CNC(C)C2)C1=O. The molecular formula is C13H20N2O. The Morgan fingerprint density at radius 3 is 2.94 bits per heavy atom. The first kappa shape index (κ1) is 11.4. The van der Waals surface area contributed by atoms with Gasteiger partial charge in [-0.1, -0.05) is 18.2 Å². The van der Waals surface area contributed by atoms with Crippen molar-refractivity contribution in [1.29, 1.82) is 0 Å². The first-order valence-corrected chi connectivity index (χ1v) is 5.98. The lowest BCUT2D eigenvalue weighted by atomic mass is 10.1. The van der Waals surface area contributed by atoms with Crippen LogP contribution in [0.5, 0.6) is 0 Å². The number of likely N-dealkylation sites (tertiary alicyclic amines) is 1. The fraction of sp³-hybridized carbons (Fsp3) is 0.615. The number of hydrogen-bond donors (Lipinski definition) is 1. The maximum Gasteiger partial charge on any atom is 0.250 e. The second-order valence-corrected chi connectivity index (χ2v) is 4.96. The van der Waals surface area contributed by atoms with E-state index in [2.05, 4.69) is 18.8 Å². The fourth-order valence-corrected chi connectivity index (χ4v) is 2.56. The smallest absolute Gasteiger partial charge is 0.250 e. The van der Waals surface area contributed by atoms with E-state index in [1.165, 1.54) is 0 Å². The molecule has 16 heavy (non-hydrogen) atoms. The molecule has 0 aliphatic carbocycles. The van der Waals surface area contributed by atoms with Crippen LogP contribution in [0.4, 0.5) is 0 Å². The van der Waals surface area contributed by atoms with Crippen LogP contribution in [-0.4, -0.2) is 36.0 Å². The minimum absolute atomic E-state index is 0.212. The van der Waals surface area contributed by atoms with Crippen molar-refractivity contribution in [2.24, 2.45) is 0 Å². The Labute approximate surface area is 97.2 Å². The maximum absolute atomic E-state index is 12.1. The molecule has 2 atom stereocenters. The van der Waals surface area contributed by atoms with Crippen molar-refractivity contribution >= 4 is 5.91 Å². The van der Waals surface area contributed by atoms with Crippen molar-refractivity contribution in [3.63, 3.8) is 0 Å². The maximum atomic E-state index is 12.1. The van der Waals surface area contributed by atoms with Crippen molar-refractivity contribution in [3.8, 4) is 0 Å². The van der Waals surface area contributed by atoms with Gasteiger partial charge in [-0.3, -0.25) is 4.79 Å². The van der Waals surface area contributed by atoms with E-state index in [9.17, 15) is 4.79 Å². The van der Waals surface area contributed by atoms with Gasteiger partial charge in [0.05, 0.1) is 0 Å². The molecule has 0 saturated carbocycles. The molecule has 2 aliphatic heterocycles. The van der Waals surface area contributed by atoms with Crippen LogP contribution in [-0.2, 0) is 4.79 Å². The highest BCUT2D eigenvalue weighted by Crippen LogP contribution is 2.24. The van der Waals surface area contributed by atoms with Crippen LogP contribution in [0.3, 0.4) is 0 Å². The van der Waals surface area contributed by atoms with Gasteiger partial charge in [-0.05, 0) is 26.7 Å². The van der Waals surface area contributed by atoms with Crippen LogP contribution >= 0.6 is 0 Å². The second-order valence-electron chi connectivity index (χ2n) is 4.96. The van der Waals surface area contributed by atoms with Gasteiger partial charge in [0.15, 0.2) is 0 Å². The summed E-state index contributed by atoms with van der Waals surface area (Å²) in [4.78, 5) is 14.1. The fourth-order valence-electron chi connectivity index (χ4n) is 2.56. The number of carbonyl (C=O) groups is 1. The predicted octanol–water partition coefficient (Wildman–Crippen LogP) is 1.47. The van der Waals surface area contributed by atoms with Gasteiger partial charge in [-0.25, -0.2) is 0 Å². The van der Waals surface area contributed by atoms with Gasteiger partial charge in [-0.15, -0.1) is 0 Å². The summed E-state index contributed by atoms with van der Waals surface area (Å²) in [5.41, 5.74) is 1.88. The molecule has 0 aromatic heterocycles.